The number of hydrogen-bond acceptors (Lipinski definition) is 3. The topological polar surface area (TPSA) is 74.3 Å². The summed E-state index contributed by atoms with van der Waals surface area (Å²) in [5, 5.41) is 5.85. The lowest BCUT2D eigenvalue weighted by atomic mass is 10.1. The standard InChI is InChI=1S/C19H20N4O2/c1-23(2)18(24)15-10-12(7-8-20-15)21-19(25)22-17-14-9-11-5-3-4-6-13(11)16(14)17/h3-8,10,14,16-17H,9H2,1-2H3,(H2,20,21,22,25)/t14-,16+,17+/m0/s1. The van der Waals surface area contributed by atoms with Crippen molar-refractivity contribution in [3.63, 3.8) is 0 Å². The minimum atomic E-state index is -0.244. The highest BCUT2D eigenvalue weighted by Crippen LogP contribution is 2.56. The Morgan fingerprint density at radius 3 is 2.80 bits per heavy atom. The molecule has 6 nitrogen and oxygen atoms in total. The van der Waals surface area contributed by atoms with Gasteiger partial charge in [-0.1, -0.05) is 24.3 Å². The first-order chi connectivity index (χ1) is 12.0. The maximum absolute atomic E-state index is 12.3. The molecule has 0 bridgehead atoms. The first-order valence-electron chi connectivity index (χ1n) is 8.37. The average molecular weight is 336 g/mol. The highest BCUT2D eigenvalue weighted by atomic mass is 16.2. The fraction of sp³-hybridized carbons (Fsp3) is 0.316. The second kappa shape index (κ2) is 5.88. The Morgan fingerprint density at radius 2 is 2.00 bits per heavy atom. The summed E-state index contributed by atoms with van der Waals surface area (Å²) in [7, 11) is 3.33. The summed E-state index contributed by atoms with van der Waals surface area (Å²) in [6.45, 7) is 0. The van der Waals surface area contributed by atoms with Crippen LogP contribution in [0, 0.1) is 5.92 Å². The van der Waals surface area contributed by atoms with Crippen molar-refractivity contribution in [3.8, 4) is 0 Å². The van der Waals surface area contributed by atoms with Crippen molar-refractivity contribution in [1.29, 1.82) is 0 Å². The monoisotopic (exact) mass is 336 g/mol. The van der Waals surface area contributed by atoms with E-state index in [1.165, 1.54) is 22.2 Å². The van der Waals surface area contributed by atoms with Crippen molar-refractivity contribution in [3.05, 3.63) is 59.4 Å². The molecule has 2 aromatic rings. The van der Waals surface area contributed by atoms with E-state index in [1.54, 1.807) is 26.2 Å². The molecular formula is C19H20N4O2. The Kier molecular flexibility index (Phi) is 3.67. The molecule has 2 aliphatic carbocycles. The molecule has 1 saturated carbocycles. The van der Waals surface area contributed by atoms with E-state index in [-0.39, 0.29) is 18.0 Å². The van der Waals surface area contributed by atoms with Gasteiger partial charge < -0.3 is 15.5 Å². The van der Waals surface area contributed by atoms with Crippen LogP contribution in [0.25, 0.3) is 0 Å². The molecule has 25 heavy (non-hydrogen) atoms. The highest BCUT2D eigenvalue weighted by molar-refractivity contribution is 5.95. The van der Waals surface area contributed by atoms with Crippen LogP contribution in [0.2, 0.25) is 0 Å². The van der Waals surface area contributed by atoms with E-state index < -0.39 is 0 Å². The van der Waals surface area contributed by atoms with Gasteiger partial charge in [-0.2, -0.15) is 0 Å². The number of aromatic nitrogens is 1. The smallest absolute Gasteiger partial charge is 0.319 e. The van der Waals surface area contributed by atoms with Gasteiger partial charge in [0, 0.05) is 37.9 Å². The molecule has 2 N–H and O–H groups in total. The second-order valence-electron chi connectivity index (χ2n) is 6.85. The van der Waals surface area contributed by atoms with Gasteiger partial charge >= 0.3 is 6.03 Å². The summed E-state index contributed by atoms with van der Waals surface area (Å²) in [6, 6.07) is 11.7. The first kappa shape index (κ1) is 15.6. The third-order valence-electron chi connectivity index (χ3n) is 4.98. The van der Waals surface area contributed by atoms with Gasteiger partial charge in [0.05, 0.1) is 0 Å². The van der Waals surface area contributed by atoms with Crippen molar-refractivity contribution in [2.75, 3.05) is 19.4 Å². The molecule has 0 unspecified atom stereocenters. The van der Waals surface area contributed by atoms with Crippen LogP contribution in [0.3, 0.4) is 0 Å². The lowest BCUT2D eigenvalue weighted by Crippen LogP contribution is -2.33. The van der Waals surface area contributed by atoms with Crippen molar-refractivity contribution < 1.29 is 9.59 Å². The third kappa shape index (κ3) is 2.84. The molecule has 0 spiro atoms. The van der Waals surface area contributed by atoms with Crippen LogP contribution in [-0.2, 0) is 6.42 Å². The molecule has 0 radical (unpaired) electrons. The van der Waals surface area contributed by atoms with Gasteiger partial charge in [-0.3, -0.25) is 9.78 Å². The molecule has 3 atom stereocenters. The minimum Gasteiger partial charge on any atom is -0.343 e. The summed E-state index contributed by atoms with van der Waals surface area (Å²) >= 11 is 0. The summed E-state index contributed by atoms with van der Waals surface area (Å²) < 4.78 is 0. The summed E-state index contributed by atoms with van der Waals surface area (Å²) in [6.07, 6.45) is 2.55. The molecule has 6 heteroatoms. The molecule has 1 fully saturated rings. The number of hydrogen-bond donors (Lipinski definition) is 2. The average Bonchev–Trinajstić information content (AvgIpc) is 3.10. The number of pyridine rings is 1. The van der Waals surface area contributed by atoms with Crippen LogP contribution in [0.15, 0.2) is 42.6 Å². The molecule has 1 aromatic carbocycles. The van der Waals surface area contributed by atoms with Crippen molar-refractivity contribution >= 4 is 17.6 Å². The van der Waals surface area contributed by atoms with Crippen LogP contribution in [0.5, 0.6) is 0 Å². The number of carbonyl (C=O) groups is 2. The van der Waals surface area contributed by atoms with Gasteiger partial charge in [0.2, 0.25) is 0 Å². The fourth-order valence-corrected chi connectivity index (χ4v) is 3.72. The van der Waals surface area contributed by atoms with Gasteiger partial charge in [-0.15, -0.1) is 0 Å². The molecular weight excluding hydrogens is 316 g/mol. The van der Waals surface area contributed by atoms with E-state index in [4.69, 9.17) is 0 Å². The maximum Gasteiger partial charge on any atom is 0.319 e. The van der Waals surface area contributed by atoms with E-state index in [1.807, 2.05) is 0 Å². The Morgan fingerprint density at radius 1 is 1.20 bits per heavy atom. The summed E-state index contributed by atoms with van der Waals surface area (Å²) in [5.74, 6) is 0.745. The number of nitrogens with zero attached hydrogens (tertiary/aromatic N) is 2. The number of fused-ring (bicyclic) bond motifs is 3. The molecule has 1 aromatic heterocycles. The quantitative estimate of drug-likeness (QED) is 0.903. The zero-order valence-electron chi connectivity index (χ0n) is 14.2. The highest BCUT2D eigenvalue weighted by Gasteiger charge is 2.56. The zero-order valence-corrected chi connectivity index (χ0v) is 14.2. The molecule has 128 valence electrons. The number of rotatable bonds is 3. The van der Waals surface area contributed by atoms with Gasteiger partial charge in [0.1, 0.15) is 5.69 Å². The predicted molar refractivity (Wildman–Crippen MR) is 94.6 cm³/mol. The van der Waals surface area contributed by atoms with Crippen molar-refractivity contribution in [1.82, 2.24) is 15.2 Å². The SMILES string of the molecule is CN(C)C(=O)c1cc(NC(=O)N[C@@H]2[C@H]3Cc4ccccc4[C@H]32)ccn1. The largest absolute Gasteiger partial charge is 0.343 e. The van der Waals surface area contributed by atoms with E-state index in [2.05, 4.69) is 39.9 Å². The molecule has 3 amide bonds. The predicted octanol–water partition coefficient (Wildman–Crippen LogP) is 2.24. The molecule has 2 aliphatic rings. The number of nitrogens with one attached hydrogen (secondary N) is 2. The molecule has 4 rings (SSSR count). The molecule has 0 aliphatic heterocycles. The fourth-order valence-electron chi connectivity index (χ4n) is 3.72. The van der Waals surface area contributed by atoms with Crippen LogP contribution < -0.4 is 10.6 Å². The van der Waals surface area contributed by atoms with Crippen molar-refractivity contribution in [2.45, 2.75) is 18.4 Å². The van der Waals surface area contributed by atoms with E-state index in [0.29, 0.717) is 23.2 Å². The van der Waals surface area contributed by atoms with E-state index in [9.17, 15) is 9.59 Å². The number of amides is 3. The van der Waals surface area contributed by atoms with Crippen molar-refractivity contribution in [2.24, 2.45) is 5.92 Å². The number of benzene rings is 1. The summed E-state index contributed by atoms with van der Waals surface area (Å²) in [5.41, 5.74) is 3.63. The Balaban J connectivity index is 1.38. The summed E-state index contributed by atoms with van der Waals surface area (Å²) in [4.78, 5) is 29.7. The first-order valence-corrected chi connectivity index (χ1v) is 8.37. The lowest BCUT2D eigenvalue weighted by Gasteiger charge is -2.12. The number of carbonyl (C=O) groups excluding carboxylic acids is 2. The minimum absolute atomic E-state index is 0.194. The Labute approximate surface area is 146 Å². The van der Waals surface area contributed by atoms with E-state index in [0.717, 1.165) is 6.42 Å². The normalized spacial score (nSPS) is 22.6. The van der Waals surface area contributed by atoms with Gasteiger partial charge in [0.25, 0.3) is 5.91 Å². The maximum atomic E-state index is 12.3. The molecule has 1 heterocycles. The van der Waals surface area contributed by atoms with Gasteiger partial charge in [0.15, 0.2) is 0 Å². The number of urea groups is 1. The van der Waals surface area contributed by atoms with Crippen LogP contribution in [0.4, 0.5) is 10.5 Å². The number of anilines is 1. The van der Waals surface area contributed by atoms with Crippen LogP contribution >= 0.6 is 0 Å². The Bertz CT molecular complexity index is 849. The Hall–Kier alpha value is -2.89. The molecule has 0 saturated heterocycles. The lowest BCUT2D eigenvalue weighted by molar-refractivity contribution is 0.0822. The van der Waals surface area contributed by atoms with Crippen LogP contribution in [-0.4, -0.2) is 42.0 Å². The third-order valence-corrected chi connectivity index (χ3v) is 4.98. The van der Waals surface area contributed by atoms with E-state index >= 15 is 0 Å². The second-order valence-corrected chi connectivity index (χ2v) is 6.85. The zero-order chi connectivity index (χ0) is 17.6. The van der Waals surface area contributed by atoms with Gasteiger partial charge in [-0.05, 0) is 35.6 Å². The van der Waals surface area contributed by atoms with Gasteiger partial charge in [-0.25, -0.2) is 4.79 Å². The van der Waals surface area contributed by atoms with Crippen LogP contribution in [0.1, 0.15) is 27.5 Å².